The summed E-state index contributed by atoms with van der Waals surface area (Å²) in [5.74, 6) is 0.721. The molecule has 0 N–H and O–H groups in total. The van der Waals surface area contributed by atoms with Gasteiger partial charge in [-0.3, -0.25) is 0 Å². The quantitative estimate of drug-likeness (QED) is 0.247. The summed E-state index contributed by atoms with van der Waals surface area (Å²) in [6, 6.07) is 43.7. The van der Waals surface area contributed by atoms with Crippen molar-refractivity contribution in [2.24, 2.45) is 0 Å². The van der Waals surface area contributed by atoms with Crippen LogP contribution in [0.15, 0.2) is 127 Å². The molecule has 0 atom stereocenters. The minimum atomic E-state index is 0.721. The van der Waals surface area contributed by atoms with Gasteiger partial charge in [0.1, 0.15) is 5.01 Å². The van der Waals surface area contributed by atoms with Crippen molar-refractivity contribution in [1.82, 2.24) is 15.0 Å². The average Bonchev–Trinajstić information content (AvgIpc) is 3.43. The Morgan fingerprint density at radius 2 is 1.11 bits per heavy atom. The summed E-state index contributed by atoms with van der Waals surface area (Å²) in [5.41, 5.74) is 7.14. The molecule has 2 heterocycles. The summed E-state index contributed by atoms with van der Waals surface area (Å²) in [7, 11) is 0. The first-order chi connectivity index (χ1) is 18.3. The molecule has 174 valence electrons. The molecule has 37 heavy (non-hydrogen) atoms. The Morgan fingerprint density at radius 1 is 0.459 bits per heavy atom. The van der Waals surface area contributed by atoms with Crippen LogP contribution in [-0.4, -0.2) is 15.0 Å². The van der Waals surface area contributed by atoms with Crippen LogP contribution in [0.1, 0.15) is 0 Å². The number of hydrogen-bond donors (Lipinski definition) is 0. The summed E-state index contributed by atoms with van der Waals surface area (Å²) in [6.45, 7) is 0. The highest BCUT2D eigenvalue weighted by molar-refractivity contribution is 7.22. The molecule has 7 aromatic rings. The lowest BCUT2D eigenvalue weighted by atomic mass is 10.00. The van der Waals surface area contributed by atoms with Gasteiger partial charge < -0.3 is 0 Å². The fraction of sp³-hybridized carbons (Fsp3) is 0. The van der Waals surface area contributed by atoms with Gasteiger partial charge in [-0.2, -0.15) is 0 Å². The molecule has 3 nitrogen and oxygen atoms in total. The van der Waals surface area contributed by atoms with Crippen molar-refractivity contribution in [1.29, 1.82) is 0 Å². The van der Waals surface area contributed by atoms with Crippen molar-refractivity contribution < 1.29 is 0 Å². The second-order valence-corrected chi connectivity index (χ2v) is 9.89. The molecular weight excluding hydrogens is 470 g/mol. The van der Waals surface area contributed by atoms with Gasteiger partial charge in [0.15, 0.2) is 5.82 Å². The molecule has 2 aromatic heterocycles. The van der Waals surface area contributed by atoms with E-state index < -0.39 is 0 Å². The Labute approximate surface area is 218 Å². The molecule has 0 saturated heterocycles. The third-order valence-corrected chi connectivity index (χ3v) is 7.69. The predicted octanol–water partition coefficient (Wildman–Crippen LogP) is 8.91. The molecule has 0 unspecified atom stereocenters. The van der Waals surface area contributed by atoms with Crippen LogP contribution in [-0.2, 0) is 0 Å². The molecule has 0 aliphatic rings. The van der Waals surface area contributed by atoms with Crippen LogP contribution >= 0.6 is 11.3 Å². The van der Waals surface area contributed by atoms with E-state index in [9.17, 15) is 0 Å². The normalized spacial score (nSPS) is 11.2. The van der Waals surface area contributed by atoms with Gasteiger partial charge in [-0.1, -0.05) is 115 Å². The van der Waals surface area contributed by atoms with Crippen LogP contribution in [0.4, 0.5) is 0 Å². The van der Waals surface area contributed by atoms with Crippen molar-refractivity contribution in [2.45, 2.75) is 0 Å². The maximum Gasteiger partial charge on any atom is 0.160 e. The molecule has 0 amide bonds. The van der Waals surface area contributed by atoms with E-state index in [0.717, 1.165) is 55.4 Å². The van der Waals surface area contributed by atoms with E-state index in [2.05, 4.69) is 84.9 Å². The fourth-order valence-corrected chi connectivity index (χ4v) is 5.83. The summed E-state index contributed by atoms with van der Waals surface area (Å²) in [4.78, 5) is 14.9. The maximum atomic E-state index is 5.06. The third kappa shape index (κ3) is 3.98. The first kappa shape index (κ1) is 21.6. The summed E-state index contributed by atoms with van der Waals surface area (Å²) < 4.78 is 1.19. The van der Waals surface area contributed by atoms with E-state index in [-0.39, 0.29) is 0 Å². The minimum absolute atomic E-state index is 0.721. The Hall–Kier alpha value is -4.67. The number of fused-ring (bicyclic) bond motifs is 3. The van der Waals surface area contributed by atoms with E-state index in [1.54, 1.807) is 11.3 Å². The largest absolute Gasteiger partial charge is 0.236 e. The van der Waals surface area contributed by atoms with E-state index in [1.165, 1.54) is 10.1 Å². The Balaban J connectivity index is 1.44. The minimum Gasteiger partial charge on any atom is -0.236 e. The molecule has 0 aliphatic carbocycles. The molecule has 0 aliphatic heterocycles. The monoisotopic (exact) mass is 491 g/mol. The van der Waals surface area contributed by atoms with Crippen molar-refractivity contribution >= 4 is 32.3 Å². The summed E-state index contributed by atoms with van der Waals surface area (Å²) in [6.07, 6.45) is 0. The molecular formula is C33H21N3S. The van der Waals surface area contributed by atoms with Gasteiger partial charge in [-0.25, -0.2) is 15.0 Å². The highest BCUT2D eigenvalue weighted by Crippen LogP contribution is 2.38. The van der Waals surface area contributed by atoms with Gasteiger partial charge in [0.25, 0.3) is 0 Å². The van der Waals surface area contributed by atoms with E-state index >= 15 is 0 Å². The smallest absolute Gasteiger partial charge is 0.160 e. The highest BCUT2D eigenvalue weighted by Gasteiger charge is 2.15. The zero-order valence-electron chi connectivity index (χ0n) is 19.9. The second kappa shape index (κ2) is 9.08. The van der Waals surface area contributed by atoms with E-state index in [0.29, 0.717) is 0 Å². The fourth-order valence-electron chi connectivity index (χ4n) is 4.73. The molecule has 7 rings (SSSR count). The number of aromatic nitrogens is 3. The van der Waals surface area contributed by atoms with Crippen LogP contribution in [0, 0.1) is 0 Å². The predicted molar refractivity (Wildman–Crippen MR) is 154 cm³/mol. The van der Waals surface area contributed by atoms with Crippen LogP contribution in [0.25, 0.3) is 65.5 Å². The number of nitrogens with zero attached hydrogens (tertiary/aromatic N) is 3. The van der Waals surface area contributed by atoms with Crippen LogP contribution in [0.5, 0.6) is 0 Å². The lowest BCUT2D eigenvalue weighted by Gasteiger charge is -2.11. The SMILES string of the molecule is c1ccc(-c2cc(-c3cccc4c3ccc3nc(-c5ccccc5)sc34)nc(-c3ccccc3)n2)cc1. The molecule has 5 aromatic carbocycles. The zero-order valence-corrected chi connectivity index (χ0v) is 20.7. The number of hydrogen-bond acceptors (Lipinski definition) is 4. The number of thiazole rings is 1. The lowest BCUT2D eigenvalue weighted by molar-refractivity contribution is 1.18. The third-order valence-electron chi connectivity index (χ3n) is 6.54. The van der Waals surface area contributed by atoms with E-state index in [1.807, 2.05) is 42.5 Å². The van der Waals surface area contributed by atoms with Gasteiger partial charge >= 0.3 is 0 Å². The standard InChI is InChI=1S/C33H21N3S/c1-4-11-22(12-5-1)29-21-30(35-32(34-29)23-13-6-2-7-14-23)26-17-10-18-27-25(26)19-20-28-31(27)37-33(36-28)24-15-8-3-9-16-24/h1-21H. The maximum absolute atomic E-state index is 5.06. The van der Waals surface area contributed by atoms with Crippen molar-refractivity contribution in [3.05, 3.63) is 127 Å². The van der Waals surface area contributed by atoms with Gasteiger partial charge in [-0.15, -0.1) is 11.3 Å². The average molecular weight is 492 g/mol. The van der Waals surface area contributed by atoms with Crippen LogP contribution in [0.2, 0.25) is 0 Å². The van der Waals surface area contributed by atoms with Gasteiger partial charge in [0.2, 0.25) is 0 Å². The summed E-state index contributed by atoms with van der Waals surface area (Å²) >= 11 is 1.74. The van der Waals surface area contributed by atoms with Crippen LogP contribution < -0.4 is 0 Å². The molecule has 0 spiro atoms. The molecule has 4 heteroatoms. The zero-order chi connectivity index (χ0) is 24.6. The Kier molecular flexibility index (Phi) is 5.30. The number of rotatable bonds is 4. The van der Waals surface area contributed by atoms with Gasteiger partial charge in [0, 0.05) is 27.6 Å². The van der Waals surface area contributed by atoms with Crippen molar-refractivity contribution in [3.8, 4) is 44.5 Å². The van der Waals surface area contributed by atoms with Gasteiger partial charge in [-0.05, 0) is 17.5 Å². The lowest BCUT2D eigenvalue weighted by Crippen LogP contribution is -1.96. The van der Waals surface area contributed by atoms with Crippen molar-refractivity contribution in [2.75, 3.05) is 0 Å². The Bertz CT molecular complexity index is 1800. The number of benzene rings is 5. The van der Waals surface area contributed by atoms with Gasteiger partial charge in [0.05, 0.1) is 21.6 Å². The molecule has 0 saturated carbocycles. The van der Waals surface area contributed by atoms with Crippen molar-refractivity contribution in [3.63, 3.8) is 0 Å². The first-order valence-electron chi connectivity index (χ1n) is 12.2. The molecule has 0 fully saturated rings. The molecule has 0 bridgehead atoms. The Morgan fingerprint density at radius 3 is 1.84 bits per heavy atom. The first-order valence-corrected chi connectivity index (χ1v) is 13.0. The van der Waals surface area contributed by atoms with E-state index in [4.69, 9.17) is 15.0 Å². The highest BCUT2D eigenvalue weighted by atomic mass is 32.1. The summed E-state index contributed by atoms with van der Waals surface area (Å²) in [5, 5.41) is 3.39. The topological polar surface area (TPSA) is 38.7 Å². The van der Waals surface area contributed by atoms with Crippen LogP contribution in [0.3, 0.4) is 0 Å². The molecule has 0 radical (unpaired) electrons. The second-order valence-electron chi connectivity index (χ2n) is 8.89.